The Morgan fingerprint density at radius 1 is 1.11 bits per heavy atom. The lowest BCUT2D eigenvalue weighted by Gasteiger charge is -2.32. The third kappa shape index (κ3) is 5.37. The van der Waals surface area contributed by atoms with Crippen molar-refractivity contribution >= 4 is 11.7 Å². The zero-order chi connectivity index (χ0) is 19.1. The molecular weight excluding hydrogens is 344 g/mol. The van der Waals surface area contributed by atoms with Gasteiger partial charge in [0.25, 0.3) is 0 Å². The molecule has 3 rings (SSSR count). The van der Waals surface area contributed by atoms with E-state index < -0.39 is 0 Å². The fraction of sp³-hybridized carbons (Fsp3) is 0.381. The van der Waals surface area contributed by atoms with Crippen LogP contribution in [0.25, 0.3) is 0 Å². The van der Waals surface area contributed by atoms with E-state index >= 15 is 0 Å². The Kier molecular flexibility index (Phi) is 6.54. The van der Waals surface area contributed by atoms with Gasteiger partial charge in [0, 0.05) is 37.9 Å². The predicted molar refractivity (Wildman–Crippen MR) is 105 cm³/mol. The highest BCUT2D eigenvalue weighted by molar-refractivity contribution is 5.89. The molecule has 6 nitrogen and oxygen atoms in total. The molecule has 27 heavy (non-hydrogen) atoms. The molecule has 144 valence electrons. The van der Waals surface area contributed by atoms with Gasteiger partial charge in [-0.2, -0.15) is 0 Å². The number of ether oxygens (including phenoxy) is 3. The highest BCUT2D eigenvalue weighted by Gasteiger charge is 2.23. The number of hydrogen-bond acceptors (Lipinski definition) is 4. The van der Waals surface area contributed by atoms with Crippen LogP contribution in [0.1, 0.15) is 12.8 Å². The van der Waals surface area contributed by atoms with Crippen molar-refractivity contribution in [1.29, 1.82) is 0 Å². The molecule has 6 heteroatoms. The number of carbonyl (C=O) groups excluding carboxylic acids is 1. The van der Waals surface area contributed by atoms with E-state index in [1.165, 1.54) is 0 Å². The quantitative estimate of drug-likeness (QED) is 0.820. The van der Waals surface area contributed by atoms with Crippen LogP contribution in [-0.2, 0) is 4.74 Å². The number of benzene rings is 2. The normalized spacial score (nSPS) is 16.7. The molecule has 0 spiro atoms. The van der Waals surface area contributed by atoms with Crippen molar-refractivity contribution in [3.63, 3.8) is 0 Å². The van der Waals surface area contributed by atoms with Crippen LogP contribution < -0.4 is 14.8 Å². The van der Waals surface area contributed by atoms with Gasteiger partial charge in [0.1, 0.15) is 17.2 Å². The summed E-state index contributed by atoms with van der Waals surface area (Å²) in [7, 11) is 3.32. The van der Waals surface area contributed by atoms with E-state index in [0.717, 1.165) is 37.4 Å². The summed E-state index contributed by atoms with van der Waals surface area (Å²) in [5.74, 6) is 2.54. The van der Waals surface area contributed by atoms with Gasteiger partial charge in [-0.25, -0.2) is 4.79 Å². The van der Waals surface area contributed by atoms with Crippen LogP contribution in [0.5, 0.6) is 17.2 Å². The number of amides is 2. The number of rotatable bonds is 6. The van der Waals surface area contributed by atoms with Gasteiger partial charge in [0.2, 0.25) is 0 Å². The van der Waals surface area contributed by atoms with E-state index in [4.69, 9.17) is 14.2 Å². The number of methoxy groups -OCH3 is 2. The molecule has 1 heterocycles. The number of nitrogens with zero attached hydrogens (tertiary/aromatic N) is 1. The largest absolute Gasteiger partial charge is 0.497 e. The first-order valence-electron chi connectivity index (χ1n) is 9.15. The summed E-state index contributed by atoms with van der Waals surface area (Å²) in [6, 6.07) is 14.7. The van der Waals surface area contributed by atoms with E-state index in [9.17, 15) is 4.79 Å². The molecule has 0 unspecified atom stereocenters. The minimum atomic E-state index is -0.0720. The highest BCUT2D eigenvalue weighted by Crippen LogP contribution is 2.26. The average Bonchev–Trinajstić information content (AvgIpc) is 2.70. The SMILES string of the molecule is COC[C@@H]1CCCN(C(=O)Nc2ccc(Oc3cccc(OC)c3)cc2)C1. The van der Waals surface area contributed by atoms with Crippen molar-refractivity contribution in [2.75, 3.05) is 39.2 Å². The monoisotopic (exact) mass is 370 g/mol. The van der Waals surface area contributed by atoms with Gasteiger partial charge in [-0.1, -0.05) is 6.07 Å². The van der Waals surface area contributed by atoms with Crippen LogP contribution in [0.2, 0.25) is 0 Å². The van der Waals surface area contributed by atoms with Gasteiger partial charge in [0.05, 0.1) is 13.7 Å². The fourth-order valence-corrected chi connectivity index (χ4v) is 3.23. The number of hydrogen-bond donors (Lipinski definition) is 1. The molecule has 1 fully saturated rings. The average molecular weight is 370 g/mol. The second-order valence-electron chi connectivity index (χ2n) is 6.65. The van der Waals surface area contributed by atoms with Crippen molar-refractivity contribution in [1.82, 2.24) is 4.90 Å². The van der Waals surface area contributed by atoms with E-state index in [1.54, 1.807) is 14.2 Å². The molecule has 1 aliphatic heterocycles. The number of piperidine rings is 1. The summed E-state index contributed by atoms with van der Waals surface area (Å²) in [4.78, 5) is 14.3. The first-order chi connectivity index (χ1) is 13.2. The Bertz CT molecular complexity index is 746. The second-order valence-corrected chi connectivity index (χ2v) is 6.65. The minimum Gasteiger partial charge on any atom is -0.497 e. The molecule has 2 aromatic carbocycles. The summed E-state index contributed by atoms with van der Waals surface area (Å²) in [6.07, 6.45) is 2.11. The molecular formula is C21H26N2O4. The summed E-state index contributed by atoms with van der Waals surface area (Å²) < 4.78 is 16.2. The van der Waals surface area contributed by atoms with Crippen molar-refractivity contribution in [3.8, 4) is 17.2 Å². The maximum absolute atomic E-state index is 12.5. The molecule has 0 aliphatic carbocycles. The summed E-state index contributed by atoms with van der Waals surface area (Å²) in [5.41, 5.74) is 0.742. The molecule has 1 saturated heterocycles. The molecule has 1 atom stereocenters. The lowest BCUT2D eigenvalue weighted by Crippen LogP contribution is -2.43. The van der Waals surface area contributed by atoms with Gasteiger partial charge in [-0.15, -0.1) is 0 Å². The number of nitrogens with one attached hydrogen (secondary N) is 1. The number of carbonyl (C=O) groups is 1. The van der Waals surface area contributed by atoms with Crippen LogP contribution in [-0.4, -0.2) is 44.8 Å². The van der Waals surface area contributed by atoms with Crippen molar-refractivity contribution < 1.29 is 19.0 Å². The van der Waals surface area contributed by atoms with Gasteiger partial charge < -0.3 is 24.4 Å². The van der Waals surface area contributed by atoms with E-state index in [1.807, 2.05) is 53.4 Å². The highest BCUT2D eigenvalue weighted by atomic mass is 16.5. The van der Waals surface area contributed by atoms with Gasteiger partial charge in [-0.3, -0.25) is 0 Å². The topological polar surface area (TPSA) is 60.0 Å². The van der Waals surface area contributed by atoms with E-state index in [0.29, 0.717) is 24.0 Å². The molecule has 0 saturated carbocycles. The summed E-state index contributed by atoms with van der Waals surface area (Å²) in [6.45, 7) is 2.21. The van der Waals surface area contributed by atoms with Crippen LogP contribution in [0.15, 0.2) is 48.5 Å². The fourth-order valence-electron chi connectivity index (χ4n) is 3.23. The van der Waals surface area contributed by atoms with E-state index in [2.05, 4.69) is 5.32 Å². The Balaban J connectivity index is 1.56. The van der Waals surface area contributed by atoms with Crippen LogP contribution in [0, 0.1) is 5.92 Å². The van der Waals surface area contributed by atoms with Gasteiger partial charge >= 0.3 is 6.03 Å². The molecule has 1 aliphatic rings. The Hall–Kier alpha value is -2.73. The first-order valence-corrected chi connectivity index (χ1v) is 9.15. The Morgan fingerprint density at radius 2 is 1.89 bits per heavy atom. The first kappa shape index (κ1) is 19.0. The lowest BCUT2D eigenvalue weighted by molar-refractivity contribution is 0.104. The summed E-state index contributed by atoms with van der Waals surface area (Å²) >= 11 is 0. The molecule has 0 radical (unpaired) electrons. The van der Waals surface area contributed by atoms with Crippen LogP contribution in [0.4, 0.5) is 10.5 Å². The number of anilines is 1. The van der Waals surface area contributed by atoms with Crippen molar-refractivity contribution in [2.24, 2.45) is 5.92 Å². The Morgan fingerprint density at radius 3 is 2.63 bits per heavy atom. The third-order valence-corrected chi connectivity index (χ3v) is 4.59. The van der Waals surface area contributed by atoms with Gasteiger partial charge in [0.15, 0.2) is 0 Å². The molecule has 2 amide bonds. The number of urea groups is 1. The molecule has 2 aromatic rings. The smallest absolute Gasteiger partial charge is 0.321 e. The third-order valence-electron chi connectivity index (χ3n) is 4.59. The summed E-state index contributed by atoms with van der Waals surface area (Å²) in [5, 5.41) is 2.95. The van der Waals surface area contributed by atoms with Gasteiger partial charge in [-0.05, 0) is 49.2 Å². The predicted octanol–water partition coefficient (Wildman–Crippen LogP) is 4.38. The van der Waals surface area contributed by atoms with Crippen molar-refractivity contribution in [3.05, 3.63) is 48.5 Å². The molecule has 1 N–H and O–H groups in total. The molecule has 0 bridgehead atoms. The van der Waals surface area contributed by atoms with Crippen molar-refractivity contribution in [2.45, 2.75) is 12.8 Å². The Labute approximate surface area is 160 Å². The second kappa shape index (κ2) is 9.28. The standard InChI is InChI=1S/C21H26N2O4/c1-25-15-16-5-4-12-23(14-16)21(24)22-17-8-10-18(11-9-17)27-20-7-3-6-19(13-20)26-2/h3,6-11,13,16H,4-5,12,14-15H2,1-2H3,(H,22,24)/t16-/m1/s1. The number of likely N-dealkylation sites (tertiary alicyclic amines) is 1. The minimum absolute atomic E-state index is 0.0720. The zero-order valence-electron chi connectivity index (χ0n) is 15.8. The van der Waals surface area contributed by atoms with Crippen LogP contribution >= 0.6 is 0 Å². The van der Waals surface area contributed by atoms with Crippen LogP contribution in [0.3, 0.4) is 0 Å². The van der Waals surface area contributed by atoms with E-state index in [-0.39, 0.29) is 6.03 Å². The lowest BCUT2D eigenvalue weighted by atomic mass is 9.99. The maximum Gasteiger partial charge on any atom is 0.321 e. The molecule has 0 aromatic heterocycles. The zero-order valence-corrected chi connectivity index (χ0v) is 15.8. The maximum atomic E-state index is 12.5.